The largest absolute Gasteiger partial charge is 0.497 e. The Bertz CT molecular complexity index is 1520. The highest BCUT2D eigenvalue weighted by molar-refractivity contribution is 7.07. The summed E-state index contributed by atoms with van der Waals surface area (Å²) in [5, 5.41) is 11.1. The summed E-state index contributed by atoms with van der Waals surface area (Å²) >= 11 is 1.16. The molecular formula is C25H23N3O6S. The van der Waals surface area contributed by atoms with E-state index in [4.69, 9.17) is 9.47 Å². The van der Waals surface area contributed by atoms with Gasteiger partial charge in [0.15, 0.2) is 4.80 Å². The Morgan fingerprint density at radius 2 is 1.94 bits per heavy atom. The van der Waals surface area contributed by atoms with Gasteiger partial charge in [0, 0.05) is 12.1 Å². The van der Waals surface area contributed by atoms with Crippen molar-refractivity contribution in [1.29, 1.82) is 0 Å². The van der Waals surface area contributed by atoms with Crippen LogP contribution >= 0.6 is 11.3 Å². The van der Waals surface area contributed by atoms with Gasteiger partial charge >= 0.3 is 5.97 Å². The third-order valence-corrected chi connectivity index (χ3v) is 6.38. The molecule has 3 aromatic rings. The second-order valence-corrected chi connectivity index (χ2v) is 9.17. The van der Waals surface area contributed by atoms with Gasteiger partial charge in [0.25, 0.3) is 11.2 Å². The maximum atomic E-state index is 13.6. The van der Waals surface area contributed by atoms with E-state index in [1.807, 2.05) is 0 Å². The molecule has 180 valence electrons. The van der Waals surface area contributed by atoms with Crippen LogP contribution in [0.3, 0.4) is 0 Å². The van der Waals surface area contributed by atoms with E-state index in [0.717, 1.165) is 11.3 Å². The Hall–Kier alpha value is -4.05. The van der Waals surface area contributed by atoms with Crippen LogP contribution in [0, 0.1) is 10.1 Å². The van der Waals surface area contributed by atoms with Gasteiger partial charge in [-0.2, -0.15) is 0 Å². The van der Waals surface area contributed by atoms with Crippen molar-refractivity contribution in [2.45, 2.75) is 32.9 Å². The van der Waals surface area contributed by atoms with Gasteiger partial charge in [-0.25, -0.2) is 9.79 Å². The number of aromatic nitrogens is 1. The number of allylic oxidation sites excluding steroid dienone is 1. The molecule has 0 fully saturated rings. The number of thiazole rings is 1. The fourth-order valence-corrected chi connectivity index (χ4v) is 4.89. The Labute approximate surface area is 204 Å². The molecule has 1 atom stereocenters. The first kappa shape index (κ1) is 24.1. The van der Waals surface area contributed by atoms with Crippen molar-refractivity contribution >= 4 is 29.1 Å². The van der Waals surface area contributed by atoms with Crippen LogP contribution in [0.4, 0.5) is 5.69 Å². The lowest BCUT2D eigenvalue weighted by molar-refractivity contribution is -0.384. The molecule has 0 spiro atoms. The zero-order valence-electron chi connectivity index (χ0n) is 19.6. The minimum absolute atomic E-state index is 0.0720. The van der Waals surface area contributed by atoms with E-state index in [0.29, 0.717) is 31.9 Å². The first-order chi connectivity index (χ1) is 16.7. The number of nitro groups is 1. The molecule has 0 amide bonds. The molecule has 4 rings (SSSR count). The van der Waals surface area contributed by atoms with Gasteiger partial charge in [-0.3, -0.25) is 19.5 Å². The number of hydrogen-bond acceptors (Lipinski definition) is 8. The van der Waals surface area contributed by atoms with E-state index < -0.39 is 16.9 Å². The van der Waals surface area contributed by atoms with Gasteiger partial charge in [0.2, 0.25) is 0 Å². The third-order valence-electron chi connectivity index (χ3n) is 5.39. The summed E-state index contributed by atoms with van der Waals surface area (Å²) in [4.78, 5) is 42.3. The minimum atomic E-state index is -0.754. The quantitative estimate of drug-likeness (QED) is 0.296. The number of nitrogens with zero attached hydrogens (tertiary/aromatic N) is 3. The number of carbonyl (C=O) groups is 1. The van der Waals surface area contributed by atoms with Gasteiger partial charge in [-0.15, -0.1) is 0 Å². The lowest BCUT2D eigenvalue weighted by Crippen LogP contribution is -2.40. The summed E-state index contributed by atoms with van der Waals surface area (Å²) in [7, 11) is 1.56. The minimum Gasteiger partial charge on any atom is -0.497 e. The van der Waals surface area contributed by atoms with Crippen LogP contribution < -0.4 is 19.6 Å². The van der Waals surface area contributed by atoms with Crippen molar-refractivity contribution in [2.24, 2.45) is 4.99 Å². The van der Waals surface area contributed by atoms with E-state index in [-0.39, 0.29) is 22.9 Å². The number of benzene rings is 2. The van der Waals surface area contributed by atoms with Gasteiger partial charge < -0.3 is 9.47 Å². The van der Waals surface area contributed by atoms with Gasteiger partial charge in [-0.05, 0) is 50.1 Å². The molecule has 0 aliphatic carbocycles. The number of rotatable bonds is 6. The molecule has 1 aromatic heterocycles. The SMILES string of the molecule is COc1ccc([C@@H]2C(C(=O)OC(C)C)=C(C)N=c3s/c(=C/c4cccc([N+](=O)[O-])c4)c(=O)n32)cc1. The number of hydrogen-bond donors (Lipinski definition) is 0. The van der Waals surface area contributed by atoms with Crippen molar-refractivity contribution < 1.29 is 19.2 Å². The standard InChI is InChI=1S/C25H23N3O6S/c1-14(2)34-24(30)21-15(3)26-25-27(22(21)17-8-10-19(33-4)11-9-17)23(29)20(35-25)13-16-6-5-7-18(12-16)28(31)32/h5-14,22H,1-4H3/b20-13+/t22-/m1/s1. The molecule has 35 heavy (non-hydrogen) atoms. The molecule has 2 heterocycles. The zero-order valence-corrected chi connectivity index (χ0v) is 20.4. The molecule has 0 bridgehead atoms. The normalized spacial score (nSPS) is 15.6. The number of fused-ring (bicyclic) bond motifs is 1. The first-order valence-electron chi connectivity index (χ1n) is 10.8. The molecule has 10 heteroatoms. The highest BCUT2D eigenvalue weighted by atomic mass is 32.1. The Morgan fingerprint density at radius 3 is 2.57 bits per heavy atom. The third kappa shape index (κ3) is 4.78. The number of methoxy groups -OCH3 is 1. The van der Waals surface area contributed by atoms with E-state index >= 15 is 0 Å². The molecule has 0 unspecified atom stereocenters. The summed E-state index contributed by atoms with van der Waals surface area (Å²) in [6.45, 7) is 5.22. The summed E-state index contributed by atoms with van der Waals surface area (Å²) in [5.41, 5.74) is 1.51. The maximum Gasteiger partial charge on any atom is 0.338 e. The Balaban J connectivity index is 1.92. The number of non-ortho nitro benzene ring substituents is 1. The van der Waals surface area contributed by atoms with Crippen LogP contribution in [-0.4, -0.2) is 28.7 Å². The first-order valence-corrected chi connectivity index (χ1v) is 11.6. The van der Waals surface area contributed by atoms with Crippen LogP contribution in [0.5, 0.6) is 5.75 Å². The molecule has 9 nitrogen and oxygen atoms in total. The fraction of sp³-hybridized carbons (Fsp3) is 0.240. The van der Waals surface area contributed by atoms with Crippen LogP contribution in [-0.2, 0) is 9.53 Å². The van der Waals surface area contributed by atoms with Gasteiger partial charge in [0.05, 0.1) is 40.0 Å². The van der Waals surface area contributed by atoms with Crippen molar-refractivity contribution in [3.8, 4) is 5.75 Å². The van der Waals surface area contributed by atoms with Crippen molar-refractivity contribution in [1.82, 2.24) is 4.57 Å². The summed E-state index contributed by atoms with van der Waals surface area (Å²) in [6.07, 6.45) is 1.24. The van der Waals surface area contributed by atoms with Crippen molar-refractivity contribution in [3.05, 3.63) is 101 Å². The molecule has 2 aromatic carbocycles. The van der Waals surface area contributed by atoms with Crippen LogP contribution in [0.15, 0.2) is 69.6 Å². The molecule has 0 N–H and O–H groups in total. The van der Waals surface area contributed by atoms with Crippen LogP contribution in [0.1, 0.15) is 37.9 Å². The Morgan fingerprint density at radius 1 is 1.23 bits per heavy atom. The molecule has 1 aliphatic heterocycles. The van der Waals surface area contributed by atoms with Gasteiger partial charge in [-0.1, -0.05) is 35.6 Å². The summed E-state index contributed by atoms with van der Waals surface area (Å²) < 4.78 is 12.6. The van der Waals surface area contributed by atoms with Crippen molar-refractivity contribution in [3.63, 3.8) is 0 Å². The number of esters is 1. The second kappa shape index (κ2) is 9.67. The summed E-state index contributed by atoms with van der Waals surface area (Å²) in [5.74, 6) is 0.0915. The highest BCUT2D eigenvalue weighted by Crippen LogP contribution is 2.31. The highest BCUT2D eigenvalue weighted by Gasteiger charge is 2.33. The maximum absolute atomic E-state index is 13.6. The predicted molar refractivity (Wildman–Crippen MR) is 131 cm³/mol. The van der Waals surface area contributed by atoms with Gasteiger partial charge in [0.1, 0.15) is 5.75 Å². The predicted octanol–water partition coefficient (Wildman–Crippen LogP) is 3.10. The van der Waals surface area contributed by atoms with E-state index in [2.05, 4.69) is 4.99 Å². The van der Waals surface area contributed by atoms with E-state index in [1.54, 1.807) is 70.4 Å². The lowest BCUT2D eigenvalue weighted by atomic mass is 9.96. The van der Waals surface area contributed by atoms with Crippen LogP contribution in [0.25, 0.3) is 6.08 Å². The Kier molecular flexibility index (Phi) is 6.65. The fourth-order valence-electron chi connectivity index (χ4n) is 3.84. The molecule has 0 saturated heterocycles. The van der Waals surface area contributed by atoms with Crippen molar-refractivity contribution in [2.75, 3.05) is 7.11 Å². The monoisotopic (exact) mass is 493 g/mol. The second-order valence-electron chi connectivity index (χ2n) is 8.16. The molecule has 0 saturated carbocycles. The smallest absolute Gasteiger partial charge is 0.338 e. The topological polar surface area (TPSA) is 113 Å². The zero-order chi connectivity index (χ0) is 25.3. The molecule has 0 radical (unpaired) electrons. The average molecular weight is 494 g/mol. The number of ether oxygens (including phenoxy) is 2. The summed E-state index contributed by atoms with van der Waals surface area (Å²) in [6, 6.07) is 12.4. The number of nitro benzene ring substituents is 1. The molecular weight excluding hydrogens is 470 g/mol. The number of carbonyl (C=O) groups excluding carboxylic acids is 1. The van der Waals surface area contributed by atoms with E-state index in [1.165, 1.54) is 16.7 Å². The molecule has 1 aliphatic rings. The van der Waals surface area contributed by atoms with E-state index in [9.17, 15) is 19.7 Å². The lowest BCUT2D eigenvalue weighted by Gasteiger charge is -2.25. The average Bonchev–Trinajstić information content (AvgIpc) is 3.12. The van der Waals surface area contributed by atoms with Crippen LogP contribution in [0.2, 0.25) is 0 Å².